The molecule has 1 heterocycles. The fraction of sp³-hybridized carbons (Fsp3) is 0.625. The van der Waals surface area contributed by atoms with Crippen molar-refractivity contribution in [3.63, 3.8) is 0 Å². The smallest absolute Gasteiger partial charge is 0.185 e. The van der Waals surface area contributed by atoms with Crippen LogP contribution in [0.15, 0.2) is 30.3 Å². The Hall–Kier alpha value is -0.940. The Morgan fingerprint density at radius 2 is 1.85 bits per heavy atom. The van der Waals surface area contributed by atoms with E-state index >= 15 is 0 Å². The van der Waals surface area contributed by atoms with Crippen LogP contribution in [0.5, 0.6) is 0 Å². The van der Waals surface area contributed by atoms with Crippen molar-refractivity contribution in [3.8, 4) is 0 Å². The summed E-state index contributed by atoms with van der Waals surface area (Å²) in [6.45, 7) is 7.92. The quantitative estimate of drug-likeness (QED) is 0.808. The van der Waals surface area contributed by atoms with Gasteiger partial charge in [0.2, 0.25) is 0 Å². The zero-order chi connectivity index (χ0) is 14.4. The van der Waals surface area contributed by atoms with Gasteiger partial charge in [0.25, 0.3) is 0 Å². The summed E-state index contributed by atoms with van der Waals surface area (Å²) in [5.41, 5.74) is 7.66. The average Bonchev–Trinajstić information content (AvgIpc) is 2.45. The normalized spacial score (nSPS) is 22.9. The van der Waals surface area contributed by atoms with Crippen LogP contribution in [0.25, 0.3) is 0 Å². The summed E-state index contributed by atoms with van der Waals surface area (Å²) < 4.78 is 11.7. The second kappa shape index (κ2) is 7.18. The van der Waals surface area contributed by atoms with Gasteiger partial charge in [-0.2, -0.15) is 0 Å². The molecule has 0 bridgehead atoms. The molecule has 1 aliphatic heterocycles. The number of hydrogen-bond donors (Lipinski definition) is 1. The van der Waals surface area contributed by atoms with E-state index in [0.717, 1.165) is 26.1 Å². The highest BCUT2D eigenvalue weighted by atomic mass is 16.7. The molecule has 20 heavy (non-hydrogen) atoms. The molecule has 0 radical (unpaired) electrons. The molecule has 1 fully saturated rings. The van der Waals surface area contributed by atoms with Crippen molar-refractivity contribution in [3.05, 3.63) is 35.9 Å². The molecule has 1 aliphatic rings. The van der Waals surface area contributed by atoms with Gasteiger partial charge in [0, 0.05) is 39.3 Å². The number of benzene rings is 1. The molecule has 0 amide bonds. The third kappa shape index (κ3) is 3.58. The van der Waals surface area contributed by atoms with E-state index in [1.165, 1.54) is 5.56 Å². The summed E-state index contributed by atoms with van der Waals surface area (Å²) >= 11 is 0. The molecular weight excluding hydrogens is 252 g/mol. The van der Waals surface area contributed by atoms with Crippen molar-refractivity contribution in [1.29, 1.82) is 0 Å². The maximum Gasteiger partial charge on any atom is 0.185 e. The molecule has 0 aliphatic carbocycles. The van der Waals surface area contributed by atoms with Gasteiger partial charge in [-0.25, -0.2) is 0 Å². The Kier molecular flexibility index (Phi) is 5.54. The van der Waals surface area contributed by atoms with Crippen molar-refractivity contribution in [2.75, 3.05) is 26.3 Å². The number of ether oxygens (including phenoxy) is 2. The predicted molar refractivity (Wildman–Crippen MR) is 80.3 cm³/mol. The van der Waals surface area contributed by atoms with Crippen molar-refractivity contribution in [1.82, 2.24) is 4.90 Å². The number of rotatable bonds is 6. The summed E-state index contributed by atoms with van der Waals surface area (Å²) in [5.74, 6) is -0.601. The van der Waals surface area contributed by atoms with Crippen molar-refractivity contribution < 1.29 is 9.47 Å². The van der Waals surface area contributed by atoms with Gasteiger partial charge in [-0.15, -0.1) is 0 Å². The molecule has 0 saturated carbocycles. The number of likely N-dealkylation sites (tertiary alicyclic amines) is 1. The zero-order valence-electron chi connectivity index (χ0n) is 12.5. The molecule has 2 N–H and O–H groups in total. The van der Waals surface area contributed by atoms with Crippen LogP contribution in [0, 0.1) is 0 Å². The number of hydrogen-bond acceptors (Lipinski definition) is 4. The summed E-state index contributed by atoms with van der Waals surface area (Å²) in [6, 6.07) is 10.4. The van der Waals surface area contributed by atoms with Gasteiger partial charge in [0.15, 0.2) is 5.79 Å². The number of nitrogens with zero attached hydrogens (tertiary/aromatic N) is 1. The molecule has 0 aromatic heterocycles. The van der Waals surface area contributed by atoms with E-state index in [0.29, 0.717) is 13.2 Å². The van der Waals surface area contributed by atoms with E-state index in [9.17, 15) is 0 Å². The minimum absolute atomic E-state index is 0.111. The molecule has 1 saturated heterocycles. The molecule has 0 spiro atoms. The Morgan fingerprint density at radius 1 is 1.20 bits per heavy atom. The lowest BCUT2D eigenvalue weighted by molar-refractivity contribution is -0.262. The highest BCUT2D eigenvalue weighted by Gasteiger charge is 2.42. The Bertz CT molecular complexity index is 391. The van der Waals surface area contributed by atoms with Crippen LogP contribution in [0.2, 0.25) is 0 Å². The van der Waals surface area contributed by atoms with Gasteiger partial charge in [-0.1, -0.05) is 30.3 Å². The molecule has 2 rings (SSSR count). The van der Waals surface area contributed by atoms with Crippen LogP contribution in [-0.4, -0.2) is 43.0 Å². The molecule has 1 aromatic carbocycles. The lowest BCUT2D eigenvalue weighted by Crippen LogP contribution is -2.62. The molecular formula is C16H26N2O2. The van der Waals surface area contributed by atoms with E-state index in [-0.39, 0.29) is 6.04 Å². The lowest BCUT2D eigenvalue weighted by Gasteiger charge is -2.45. The highest BCUT2D eigenvalue weighted by molar-refractivity contribution is 5.14. The topological polar surface area (TPSA) is 47.7 Å². The Morgan fingerprint density at radius 3 is 2.40 bits per heavy atom. The van der Waals surface area contributed by atoms with E-state index in [1.807, 2.05) is 19.9 Å². The maximum atomic E-state index is 6.34. The zero-order valence-corrected chi connectivity index (χ0v) is 12.5. The minimum Gasteiger partial charge on any atom is -0.349 e. The summed E-state index contributed by atoms with van der Waals surface area (Å²) in [6.07, 6.45) is 0.822. The average molecular weight is 278 g/mol. The third-order valence-electron chi connectivity index (χ3n) is 3.82. The van der Waals surface area contributed by atoms with E-state index in [2.05, 4.69) is 29.2 Å². The minimum atomic E-state index is -0.601. The highest BCUT2D eigenvalue weighted by Crippen LogP contribution is 2.28. The molecule has 1 unspecified atom stereocenters. The first-order valence-electron chi connectivity index (χ1n) is 7.50. The van der Waals surface area contributed by atoms with E-state index < -0.39 is 5.79 Å². The van der Waals surface area contributed by atoms with Gasteiger partial charge in [0.1, 0.15) is 0 Å². The molecule has 4 heteroatoms. The predicted octanol–water partition coefficient (Wildman–Crippen LogP) is 1.99. The van der Waals surface area contributed by atoms with Crippen LogP contribution in [0.3, 0.4) is 0 Å². The first-order chi connectivity index (χ1) is 9.70. The largest absolute Gasteiger partial charge is 0.349 e. The van der Waals surface area contributed by atoms with Crippen LogP contribution in [-0.2, 0) is 16.0 Å². The van der Waals surface area contributed by atoms with Gasteiger partial charge >= 0.3 is 0 Å². The third-order valence-corrected chi connectivity index (χ3v) is 3.82. The fourth-order valence-corrected chi connectivity index (χ4v) is 2.88. The van der Waals surface area contributed by atoms with Crippen LogP contribution >= 0.6 is 0 Å². The second-order valence-electron chi connectivity index (χ2n) is 5.26. The van der Waals surface area contributed by atoms with Crippen LogP contribution in [0.1, 0.15) is 25.8 Å². The SMILES string of the molecule is CCOC1(OCC)CCN(Cc2ccccc2)CC1N. The van der Waals surface area contributed by atoms with Crippen molar-refractivity contribution in [2.45, 2.75) is 38.6 Å². The monoisotopic (exact) mass is 278 g/mol. The van der Waals surface area contributed by atoms with Crippen LogP contribution < -0.4 is 5.73 Å². The molecule has 4 nitrogen and oxygen atoms in total. The van der Waals surface area contributed by atoms with Gasteiger partial charge in [-0.3, -0.25) is 4.90 Å². The second-order valence-corrected chi connectivity index (χ2v) is 5.26. The maximum absolute atomic E-state index is 6.34. The van der Waals surface area contributed by atoms with Crippen molar-refractivity contribution in [2.24, 2.45) is 5.73 Å². The van der Waals surface area contributed by atoms with Crippen molar-refractivity contribution >= 4 is 0 Å². The fourth-order valence-electron chi connectivity index (χ4n) is 2.88. The Labute approximate surface area is 121 Å². The van der Waals surface area contributed by atoms with Gasteiger partial charge in [-0.05, 0) is 19.4 Å². The lowest BCUT2D eigenvalue weighted by atomic mass is 9.97. The van der Waals surface area contributed by atoms with Crippen LogP contribution in [0.4, 0.5) is 0 Å². The Balaban J connectivity index is 1.97. The summed E-state index contributed by atoms with van der Waals surface area (Å²) in [7, 11) is 0. The van der Waals surface area contributed by atoms with E-state index in [1.54, 1.807) is 0 Å². The first-order valence-corrected chi connectivity index (χ1v) is 7.50. The molecule has 1 atom stereocenters. The van der Waals surface area contributed by atoms with Gasteiger partial charge < -0.3 is 15.2 Å². The first kappa shape index (κ1) is 15.4. The standard InChI is InChI=1S/C16H26N2O2/c1-3-19-16(20-4-2)10-11-18(13-15(16)17)12-14-8-6-5-7-9-14/h5-9,15H,3-4,10-13,17H2,1-2H3. The number of piperidine rings is 1. The summed E-state index contributed by atoms with van der Waals surface area (Å²) in [4.78, 5) is 2.37. The number of nitrogens with two attached hydrogens (primary N) is 1. The molecule has 1 aromatic rings. The van der Waals surface area contributed by atoms with Gasteiger partial charge in [0.05, 0.1) is 6.04 Å². The summed E-state index contributed by atoms with van der Waals surface area (Å²) in [5, 5.41) is 0. The van der Waals surface area contributed by atoms with E-state index in [4.69, 9.17) is 15.2 Å². The molecule has 112 valence electrons.